The number of halogens is 1. The van der Waals surface area contributed by atoms with Crippen LogP contribution in [0.15, 0.2) is 45.4 Å². The Morgan fingerprint density at radius 3 is 2.84 bits per heavy atom. The lowest BCUT2D eigenvalue weighted by molar-refractivity contribution is 0.0704. The van der Waals surface area contributed by atoms with Crippen LogP contribution >= 0.6 is 11.6 Å². The van der Waals surface area contributed by atoms with Gasteiger partial charge in [-0.2, -0.15) is 0 Å². The number of aryl methyl sites for hydroxylation is 1. The number of amides is 1. The Morgan fingerprint density at radius 1 is 1.24 bits per heavy atom. The van der Waals surface area contributed by atoms with Crippen molar-refractivity contribution in [3.05, 3.63) is 58.6 Å². The second-order valence-corrected chi connectivity index (χ2v) is 6.49. The molecule has 2 aromatic heterocycles. The number of hydrogen-bond acceptors (Lipinski definition) is 5. The van der Waals surface area contributed by atoms with Crippen LogP contribution in [0.4, 0.5) is 0 Å². The van der Waals surface area contributed by atoms with Crippen molar-refractivity contribution < 1.29 is 13.8 Å². The van der Waals surface area contributed by atoms with E-state index in [0.29, 0.717) is 28.7 Å². The van der Waals surface area contributed by atoms with Crippen LogP contribution in [0.2, 0.25) is 5.02 Å². The molecule has 0 radical (unpaired) electrons. The van der Waals surface area contributed by atoms with E-state index in [1.165, 1.54) is 0 Å². The number of carbonyl (C=O) groups is 1. The highest BCUT2D eigenvalue weighted by Crippen LogP contribution is 2.34. The number of hydrogen-bond donors (Lipinski definition) is 0. The average molecular weight is 358 g/mol. The molecule has 0 aliphatic carbocycles. The van der Waals surface area contributed by atoms with Gasteiger partial charge in [0.1, 0.15) is 0 Å². The molecule has 3 aromatic rings. The molecule has 6 nitrogen and oxygen atoms in total. The van der Waals surface area contributed by atoms with Crippen LogP contribution in [-0.4, -0.2) is 27.7 Å². The van der Waals surface area contributed by atoms with Gasteiger partial charge < -0.3 is 13.9 Å². The third kappa shape index (κ3) is 2.93. The van der Waals surface area contributed by atoms with E-state index in [0.717, 1.165) is 18.5 Å². The Morgan fingerprint density at radius 2 is 2.08 bits per heavy atom. The number of benzene rings is 1. The molecule has 1 aromatic carbocycles. The Balaban J connectivity index is 1.60. The number of likely N-dealkylation sites (tertiary alicyclic amines) is 1. The summed E-state index contributed by atoms with van der Waals surface area (Å²) < 4.78 is 10.7. The molecular weight excluding hydrogens is 342 g/mol. The van der Waals surface area contributed by atoms with E-state index in [9.17, 15) is 4.79 Å². The van der Waals surface area contributed by atoms with Gasteiger partial charge in [0.2, 0.25) is 0 Å². The maximum Gasteiger partial charge on any atom is 0.276 e. The van der Waals surface area contributed by atoms with Crippen molar-refractivity contribution in [1.82, 2.24) is 15.2 Å². The molecule has 0 saturated carbocycles. The fourth-order valence-corrected chi connectivity index (χ4v) is 3.39. The summed E-state index contributed by atoms with van der Waals surface area (Å²) in [5, 5.41) is 8.41. The number of rotatable bonds is 3. The molecule has 4 rings (SSSR count). The van der Waals surface area contributed by atoms with E-state index in [4.69, 9.17) is 20.6 Å². The minimum atomic E-state index is -0.182. The van der Waals surface area contributed by atoms with Crippen molar-refractivity contribution in [1.29, 1.82) is 0 Å². The minimum absolute atomic E-state index is 0.117. The van der Waals surface area contributed by atoms with Crippen molar-refractivity contribution in [3.63, 3.8) is 0 Å². The second-order valence-electron chi connectivity index (χ2n) is 6.08. The summed E-state index contributed by atoms with van der Waals surface area (Å²) in [5.74, 6) is 0.997. The lowest BCUT2D eigenvalue weighted by atomic mass is 10.1. The van der Waals surface area contributed by atoms with E-state index in [-0.39, 0.29) is 17.6 Å². The number of carbonyl (C=O) groups excluding carboxylic acids is 1. The summed E-state index contributed by atoms with van der Waals surface area (Å²) in [7, 11) is 0. The summed E-state index contributed by atoms with van der Waals surface area (Å²) in [6, 6.07) is 10.7. The van der Waals surface area contributed by atoms with E-state index < -0.39 is 0 Å². The van der Waals surface area contributed by atoms with Crippen LogP contribution in [-0.2, 0) is 0 Å². The Hall–Kier alpha value is -2.60. The molecule has 1 aliphatic rings. The maximum absolute atomic E-state index is 12.9. The molecule has 0 bridgehead atoms. The topological polar surface area (TPSA) is 72.4 Å². The smallest absolute Gasteiger partial charge is 0.276 e. The third-order valence-electron chi connectivity index (χ3n) is 4.36. The summed E-state index contributed by atoms with van der Waals surface area (Å²) >= 11 is 6.18. The van der Waals surface area contributed by atoms with E-state index in [2.05, 4.69) is 10.3 Å². The molecule has 0 spiro atoms. The molecule has 7 heteroatoms. The first-order chi connectivity index (χ1) is 12.1. The molecule has 0 unspecified atom stereocenters. The van der Waals surface area contributed by atoms with Crippen LogP contribution in [0.3, 0.4) is 0 Å². The number of aromatic nitrogens is 2. The van der Waals surface area contributed by atoms with Crippen LogP contribution < -0.4 is 0 Å². The van der Waals surface area contributed by atoms with Crippen molar-refractivity contribution in [2.75, 3.05) is 6.54 Å². The van der Waals surface area contributed by atoms with Crippen LogP contribution in [0.5, 0.6) is 0 Å². The quantitative estimate of drug-likeness (QED) is 0.700. The molecular formula is C18H16ClN3O3. The zero-order valence-electron chi connectivity index (χ0n) is 13.6. The largest absolute Gasteiger partial charge is 0.359 e. The van der Waals surface area contributed by atoms with Crippen molar-refractivity contribution >= 4 is 17.5 Å². The average Bonchev–Trinajstić information content (AvgIpc) is 3.34. The summed E-state index contributed by atoms with van der Waals surface area (Å²) in [6.45, 7) is 2.51. The lowest BCUT2D eigenvalue weighted by Gasteiger charge is -2.21. The van der Waals surface area contributed by atoms with Gasteiger partial charge in [-0.15, -0.1) is 0 Å². The summed E-state index contributed by atoms with van der Waals surface area (Å²) in [6.07, 6.45) is 1.75. The van der Waals surface area contributed by atoms with Crippen LogP contribution in [0.25, 0.3) is 11.3 Å². The van der Waals surface area contributed by atoms with E-state index in [1.807, 2.05) is 31.2 Å². The van der Waals surface area contributed by atoms with Gasteiger partial charge >= 0.3 is 0 Å². The van der Waals surface area contributed by atoms with Gasteiger partial charge in [-0.05, 0) is 31.9 Å². The van der Waals surface area contributed by atoms with E-state index in [1.54, 1.807) is 17.0 Å². The van der Waals surface area contributed by atoms with Crippen LogP contribution in [0.1, 0.15) is 40.8 Å². The third-order valence-corrected chi connectivity index (χ3v) is 4.69. The highest BCUT2D eigenvalue weighted by Gasteiger charge is 2.34. The molecule has 25 heavy (non-hydrogen) atoms. The fraction of sp³-hybridized carbons (Fsp3) is 0.278. The summed E-state index contributed by atoms with van der Waals surface area (Å²) in [4.78, 5) is 14.6. The standard InChI is InChI=1S/C18H16ClN3O3/c1-11-9-17(25-20-11)15-7-4-8-22(15)18(23)14-10-16(24-21-14)12-5-2-3-6-13(12)19/h2-3,5-6,9-10,15H,4,7-8H2,1H3/t15-/m0/s1. The predicted octanol–water partition coefficient (Wildman–Crippen LogP) is 4.27. The Labute approximate surface area is 149 Å². The number of nitrogens with zero attached hydrogens (tertiary/aromatic N) is 3. The molecule has 1 amide bonds. The zero-order valence-corrected chi connectivity index (χ0v) is 14.4. The van der Waals surface area contributed by atoms with Gasteiger partial charge in [-0.1, -0.05) is 34.0 Å². The van der Waals surface area contributed by atoms with Crippen molar-refractivity contribution in [2.24, 2.45) is 0 Å². The van der Waals surface area contributed by atoms with Crippen molar-refractivity contribution in [3.8, 4) is 11.3 Å². The van der Waals surface area contributed by atoms with Gasteiger partial charge in [0, 0.05) is 24.2 Å². The molecule has 1 atom stereocenters. The first-order valence-corrected chi connectivity index (χ1v) is 8.47. The van der Waals surface area contributed by atoms with Gasteiger partial charge in [-0.25, -0.2) is 0 Å². The first-order valence-electron chi connectivity index (χ1n) is 8.09. The molecule has 0 N–H and O–H groups in total. The van der Waals surface area contributed by atoms with Crippen LogP contribution in [0, 0.1) is 6.92 Å². The highest BCUT2D eigenvalue weighted by molar-refractivity contribution is 6.33. The van der Waals surface area contributed by atoms with Crippen molar-refractivity contribution in [2.45, 2.75) is 25.8 Å². The van der Waals surface area contributed by atoms with Gasteiger partial charge in [0.05, 0.1) is 16.8 Å². The molecule has 1 saturated heterocycles. The summed E-state index contributed by atoms with van der Waals surface area (Å²) in [5.41, 5.74) is 1.77. The van der Waals surface area contributed by atoms with Gasteiger partial charge in [0.25, 0.3) is 5.91 Å². The molecule has 3 heterocycles. The monoisotopic (exact) mass is 357 g/mol. The SMILES string of the molecule is Cc1cc([C@@H]2CCCN2C(=O)c2cc(-c3ccccc3Cl)on2)on1. The zero-order chi connectivity index (χ0) is 17.4. The molecule has 128 valence electrons. The Bertz CT molecular complexity index is 918. The lowest BCUT2D eigenvalue weighted by Crippen LogP contribution is -2.30. The molecule has 1 aliphatic heterocycles. The minimum Gasteiger partial charge on any atom is -0.359 e. The van der Waals surface area contributed by atoms with Gasteiger partial charge in [-0.3, -0.25) is 4.79 Å². The predicted molar refractivity (Wildman–Crippen MR) is 91.2 cm³/mol. The fourth-order valence-electron chi connectivity index (χ4n) is 3.16. The van der Waals surface area contributed by atoms with E-state index >= 15 is 0 Å². The maximum atomic E-state index is 12.9. The normalized spacial score (nSPS) is 17.2. The second kappa shape index (κ2) is 6.37. The first kappa shape index (κ1) is 15.9. The highest BCUT2D eigenvalue weighted by atomic mass is 35.5. The molecule has 1 fully saturated rings. The van der Waals surface area contributed by atoms with Gasteiger partial charge in [0.15, 0.2) is 17.2 Å². The Kier molecular flexibility index (Phi) is 4.05.